The zero-order valence-corrected chi connectivity index (χ0v) is 9.02. The second-order valence-corrected chi connectivity index (χ2v) is 5.34. The largest absolute Gasteiger partial charge is 0.330 e. The summed E-state index contributed by atoms with van der Waals surface area (Å²) in [5.74, 6) is 2.89. The Bertz CT molecular complexity index is 361. The van der Waals surface area contributed by atoms with E-state index in [-0.39, 0.29) is 0 Å². The predicted octanol–water partition coefficient (Wildman–Crippen LogP) is 2.71. The molecule has 74 valence electrons. The minimum Gasteiger partial charge on any atom is -0.330 e. The molecule has 1 nitrogen and oxygen atoms in total. The van der Waals surface area contributed by atoms with Gasteiger partial charge in [-0.05, 0) is 48.4 Å². The van der Waals surface area contributed by atoms with Gasteiger partial charge in [-0.1, -0.05) is 12.1 Å². The topological polar surface area (TPSA) is 26.0 Å². The van der Waals surface area contributed by atoms with Crippen LogP contribution in [0.5, 0.6) is 0 Å². The maximum Gasteiger partial charge on any atom is 0.0110 e. The fourth-order valence-electron chi connectivity index (χ4n) is 2.88. The third-order valence-electron chi connectivity index (χ3n) is 3.47. The summed E-state index contributed by atoms with van der Waals surface area (Å²) in [4.78, 5) is 1.53. The van der Waals surface area contributed by atoms with Gasteiger partial charge in [0, 0.05) is 10.6 Å². The van der Waals surface area contributed by atoms with Crippen molar-refractivity contribution in [3.05, 3.63) is 29.3 Å². The lowest BCUT2D eigenvalue weighted by Crippen LogP contribution is -2.05. The first-order valence-electron chi connectivity index (χ1n) is 5.36. The maximum atomic E-state index is 5.66. The van der Waals surface area contributed by atoms with Crippen molar-refractivity contribution >= 4 is 11.8 Å². The van der Waals surface area contributed by atoms with Gasteiger partial charge in [-0.25, -0.2) is 0 Å². The van der Waals surface area contributed by atoms with E-state index in [1.165, 1.54) is 17.1 Å². The molecule has 2 aliphatic rings. The van der Waals surface area contributed by atoms with Crippen LogP contribution in [-0.2, 0) is 0 Å². The molecular weight excluding hydrogens is 190 g/mol. The summed E-state index contributed by atoms with van der Waals surface area (Å²) in [5, 5.41) is 0. The zero-order valence-electron chi connectivity index (χ0n) is 8.20. The highest BCUT2D eigenvalue weighted by molar-refractivity contribution is 7.99. The molecule has 2 N–H and O–H groups in total. The normalized spacial score (nSPS) is 28.1. The summed E-state index contributed by atoms with van der Waals surface area (Å²) in [6.07, 6.45) is 2.51. The van der Waals surface area contributed by atoms with Gasteiger partial charge in [0.15, 0.2) is 0 Å². The van der Waals surface area contributed by atoms with Crippen LogP contribution in [-0.4, -0.2) is 12.3 Å². The molecule has 0 fully saturated rings. The van der Waals surface area contributed by atoms with Gasteiger partial charge in [0.2, 0.25) is 0 Å². The Morgan fingerprint density at radius 2 is 2.36 bits per heavy atom. The molecule has 3 rings (SSSR count). The monoisotopic (exact) mass is 205 g/mol. The number of hydrogen-bond donors (Lipinski definition) is 1. The van der Waals surface area contributed by atoms with E-state index in [0.29, 0.717) is 0 Å². The summed E-state index contributed by atoms with van der Waals surface area (Å²) in [5.41, 5.74) is 8.92. The molecule has 1 aromatic rings. The van der Waals surface area contributed by atoms with Crippen LogP contribution in [0.1, 0.15) is 35.8 Å². The van der Waals surface area contributed by atoms with Crippen LogP contribution in [0.3, 0.4) is 0 Å². The highest BCUT2D eigenvalue weighted by Gasteiger charge is 2.35. The van der Waals surface area contributed by atoms with Crippen molar-refractivity contribution in [3.63, 3.8) is 0 Å². The van der Waals surface area contributed by atoms with E-state index in [2.05, 4.69) is 18.2 Å². The lowest BCUT2D eigenvalue weighted by atomic mass is 9.98. The molecule has 0 amide bonds. The van der Waals surface area contributed by atoms with Crippen LogP contribution in [0.2, 0.25) is 0 Å². The molecule has 1 heterocycles. The first-order valence-corrected chi connectivity index (χ1v) is 6.34. The smallest absolute Gasteiger partial charge is 0.0110 e. The predicted molar refractivity (Wildman–Crippen MR) is 60.9 cm³/mol. The summed E-state index contributed by atoms with van der Waals surface area (Å²) in [6, 6.07) is 6.79. The number of thioether (sulfide) groups is 1. The van der Waals surface area contributed by atoms with Crippen molar-refractivity contribution in [2.75, 3.05) is 12.3 Å². The zero-order chi connectivity index (χ0) is 9.54. The molecule has 14 heavy (non-hydrogen) atoms. The molecule has 0 aromatic heterocycles. The molecule has 1 aliphatic heterocycles. The SMILES string of the molecule is NCCC1CC2CSc3cccc1c32. The fourth-order valence-corrected chi connectivity index (χ4v) is 4.18. The maximum absolute atomic E-state index is 5.66. The fraction of sp³-hybridized carbons (Fsp3) is 0.500. The summed E-state index contributed by atoms with van der Waals surface area (Å²) < 4.78 is 0. The third-order valence-corrected chi connectivity index (χ3v) is 4.71. The lowest BCUT2D eigenvalue weighted by Gasteiger charge is -2.11. The van der Waals surface area contributed by atoms with Crippen molar-refractivity contribution in [3.8, 4) is 0 Å². The molecule has 0 saturated heterocycles. The van der Waals surface area contributed by atoms with Gasteiger partial charge in [-0.3, -0.25) is 0 Å². The first-order chi connectivity index (χ1) is 6.90. The van der Waals surface area contributed by atoms with Gasteiger partial charge >= 0.3 is 0 Å². The van der Waals surface area contributed by atoms with Gasteiger partial charge in [0.25, 0.3) is 0 Å². The summed E-state index contributed by atoms with van der Waals surface area (Å²) >= 11 is 2.03. The van der Waals surface area contributed by atoms with Crippen LogP contribution in [0.4, 0.5) is 0 Å². The molecular formula is C12H15NS. The summed E-state index contributed by atoms with van der Waals surface area (Å²) in [6.45, 7) is 0.828. The van der Waals surface area contributed by atoms with Gasteiger partial charge in [0.05, 0.1) is 0 Å². The van der Waals surface area contributed by atoms with Gasteiger partial charge in [0.1, 0.15) is 0 Å². The van der Waals surface area contributed by atoms with E-state index in [9.17, 15) is 0 Å². The Kier molecular flexibility index (Phi) is 2.06. The minimum atomic E-state index is 0.751. The van der Waals surface area contributed by atoms with Crippen LogP contribution in [0.25, 0.3) is 0 Å². The second-order valence-electron chi connectivity index (χ2n) is 4.28. The molecule has 2 heteroatoms. The van der Waals surface area contributed by atoms with E-state index in [1.54, 1.807) is 11.1 Å². The van der Waals surface area contributed by atoms with Crippen LogP contribution in [0, 0.1) is 0 Å². The molecule has 2 atom stereocenters. The Hall–Kier alpha value is -0.470. The average molecular weight is 205 g/mol. The Morgan fingerprint density at radius 3 is 3.21 bits per heavy atom. The molecule has 0 radical (unpaired) electrons. The van der Waals surface area contributed by atoms with Gasteiger partial charge in [-0.2, -0.15) is 0 Å². The number of rotatable bonds is 2. The lowest BCUT2D eigenvalue weighted by molar-refractivity contribution is 0.589. The van der Waals surface area contributed by atoms with E-state index in [0.717, 1.165) is 24.8 Å². The van der Waals surface area contributed by atoms with Gasteiger partial charge in [-0.15, -0.1) is 11.8 Å². The van der Waals surface area contributed by atoms with Crippen LogP contribution in [0.15, 0.2) is 23.1 Å². The van der Waals surface area contributed by atoms with Crippen molar-refractivity contribution in [2.45, 2.75) is 29.6 Å². The molecule has 0 bridgehead atoms. The summed E-state index contributed by atoms with van der Waals surface area (Å²) in [7, 11) is 0. The average Bonchev–Trinajstić information content (AvgIpc) is 2.75. The Labute approximate surface area is 89.1 Å². The van der Waals surface area contributed by atoms with Crippen molar-refractivity contribution in [1.29, 1.82) is 0 Å². The standard InChI is InChI=1S/C12H15NS/c13-5-4-8-6-9-7-14-11-3-1-2-10(8)12(9)11/h1-3,8-9H,4-7,13H2. The Balaban J connectivity index is 2.05. The highest BCUT2D eigenvalue weighted by Crippen LogP contribution is 2.53. The minimum absolute atomic E-state index is 0.751. The first kappa shape index (κ1) is 8.81. The van der Waals surface area contributed by atoms with Crippen LogP contribution < -0.4 is 5.73 Å². The van der Waals surface area contributed by atoms with Crippen molar-refractivity contribution in [2.24, 2.45) is 5.73 Å². The Morgan fingerprint density at radius 1 is 1.43 bits per heavy atom. The van der Waals surface area contributed by atoms with Crippen LogP contribution >= 0.6 is 11.8 Å². The van der Waals surface area contributed by atoms with E-state index in [4.69, 9.17) is 5.73 Å². The van der Waals surface area contributed by atoms with Gasteiger partial charge < -0.3 is 5.73 Å². The number of benzene rings is 1. The number of hydrogen-bond acceptors (Lipinski definition) is 2. The molecule has 1 aliphatic carbocycles. The van der Waals surface area contributed by atoms with Crippen molar-refractivity contribution in [1.82, 2.24) is 0 Å². The van der Waals surface area contributed by atoms with E-state index >= 15 is 0 Å². The van der Waals surface area contributed by atoms with Crippen molar-refractivity contribution < 1.29 is 0 Å². The molecule has 0 saturated carbocycles. The molecule has 1 aromatic carbocycles. The number of nitrogens with two attached hydrogens (primary N) is 1. The van der Waals surface area contributed by atoms with E-state index in [1.807, 2.05) is 11.8 Å². The quantitative estimate of drug-likeness (QED) is 0.803. The van der Waals surface area contributed by atoms with E-state index < -0.39 is 0 Å². The highest BCUT2D eigenvalue weighted by atomic mass is 32.2. The third kappa shape index (κ3) is 1.14. The molecule has 0 spiro atoms. The molecule has 2 unspecified atom stereocenters. The second kappa shape index (κ2) is 3.28.